The van der Waals surface area contributed by atoms with Crippen molar-refractivity contribution in [2.75, 3.05) is 5.73 Å². The van der Waals surface area contributed by atoms with Crippen molar-refractivity contribution in [3.8, 4) is 0 Å². The number of hydrogen-bond donors (Lipinski definition) is 2. The summed E-state index contributed by atoms with van der Waals surface area (Å²) in [6.07, 6.45) is 0.880. The number of rotatable bonds is 4. The second kappa shape index (κ2) is 5.69. The standard InChI is InChI=1S/C14H16N2OS/c1-2-11-6-7-18-13(11)14(17)16-9-10-4-3-5-12(15)8-10/h3-8H,2,9,15H2,1H3,(H,16,17). The minimum absolute atomic E-state index is 0.00993. The second-order valence-corrected chi connectivity index (χ2v) is 4.97. The van der Waals surface area contributed by atoms with Crippen LogP contribution < -0.4 is 11.1 Å². The average Bonchev–Trinajstić information content (AvgIpc) is 2.84. The normalized spacial score (nSPS) is 10.3. The lowest BCUT2D eigenvalue weighted by Crippen LogP contribution is -2.22. The summed E-state index contributed by atoms with van der Waals surface area (Å²) < 4.78 is 0. The van der Waals surface area contributed by atoms with Crippen LogP contribution in [0.1, 0.15) is 27.7 Å². The minimum Gasteiger partial charge on any atom is -0.399 e. The highest BCUT2D eigenvalue weighted by molar-refractivity contribution is 7.12. The number of carbonyl (C=O) groups is 1. The number of aryl methyl sites for hydroxylation is 1. The molecule has 4 heteroatoms. The predicted molar refractivity (Wildman–Crippen MR) is 75.7 cm³/mol. The molecule has 0 radical (unpaired) electrons. The first-order chi connectivity index (χ1) is 8.70. The molecule has 1 aromatic carbocycles. The smallest absolute Gasteiger partial charge is 0.261 e. The molecule has 3 N–H and O–H groups in total. The maximum atomic E-state index is 12.0. The van der Waals surface area contributed by atoms with Gasteiger partial charge in [0.25, 0.3) is 5.91 Å². The Morgan fingerprint density at radius 1 is 1.39 bits per heavy atom. The second-order valence-electron chi connectivity index (χ2n) is 4.06. The Morgan fingerprint density at radius 3 is 2.94 bits per heavy atom. The van der Waals surface area contributed by atoms with Crippen molar-refractivity contribution in [1.29, 1.82) is 0 Å². The molecule has 0 aliphatic heterocycles. The van der Waals surface area contributed by atoms with Crippen LogP contribution in [0.5, 0.6) is 0 Å². The van der Waals surface area contributed by atoms with Crippen molar-refractivity contribution in [3.05, 3.63) is 51.7 Å². The molecule has 18 heavy (non-hydrogen) atoms. The highest BCUT2D eigenvalue weighted by atomic mass is 32.1. The van der Waals surface area contributed by atoms with Gasteiger partial charge in [0.05, 0.1) is 4.88 Å². The molecule has 0 aliphatic rings. The van der Waals surface area contributed by atoms with Crippen molar-refractivity contribution in [1.82, 2.24) is 5.32 Å². The van der Waals surface area contributed by atoms with E-state index in [0.717, 1.165) is 22.4 Å². The van der Waals surface area contributed by atoms with E-state index in [1.54, 1.807) is 0 Å². The van der Waals surface area contributed by atoms with Crippen LogP contribution in [0.3, 0.4) is 0 Å². The van der Waals surface area contributed by atoms with Gasteiger partial charge in [-0.25, -0.2) is 0 Å². The van der Waals surface area contributed by atoms with Crippen LogP contribution in [0.25, 0.3) is 0 Å². The topological polar surface area (TPSA) is 55.1 Å². The number of hydrogen-bond acceptors (Lipinski definition) is 3. The zero-order chi connectivity index (χ0) is 13.0. The van der Waals surface area contributed by atoms with Crippen LogP contribution in [0, 0.1) is 0 Å². The Balaban J connectivity index is 2.00. The third-order valence-electron chi connectivity index (χ3n) is 2.74. The van der Waals surface area contributed by atoms with Crippen molar-refractivity contribution >= 4 is 22.9 Å². The summed E-state index contributed by atoms with van der Waals surface area (Å²) in [7, 11) is 0. The van der Waals surface area contributed by atoms with Gasteiger partial charge in [-0.15, -0.1) is 11.3 Å². The third-order valence-corrected chi connectivity index (χ3v) is 3.69. The van der Waals surface area contributed by atoms with E-state index in [0.29, 0.717) is 12.2 Å². The molecule has 0 bridgehead atoms. The Hall–Kier alpha value is -1.81. The summed E-state index contributed by atoms with van der Waals surface area (Å²) in [6.45, 7) is 2.56. The van der Waals surface area contributed by atoms with Crippen LogP contribution in [-0.2, 0) is 13.0 Å². The molecule has 0 fully saturated rings. The first kappa shape index (κ1) is 12.6. The van der Waals surface area contributed by atoms with Crippen molar-refractivity contribution < 1.29 is 4.79 Å². The number of carbonyl (C=O) groups excluding carboxylic acids is 1. The fourth-order valence-corrected chi connectivity index (χ4v) is 2.69. The van der Waals surface area contributed by atoms with E-state index >= 15 is 0 Å². The predicted octanol–water partition coefficient (Wildman–Crippen LogP) is 2.82. The fraction of sp³-hybridized carbons (Fsp3) is 0.214. The number of nitrogens with two attached hydrogens (primary N) is 1. The first-order valence-electron chi connectivity index (χ1n) is 5.89. The van der Waals surface area contributed by atoms with Gasteiger partial charge < -0.3 is 11.1 Å². The number of thiophene rings is 1. The van der Waals surface area contributed by atoms with Crippen molar-refractivity contribution in [3.63, 3.8) is 0 Å². The summed E-state index contributed by atoms with van der Waals surface area (Å²) >= 11 is 1.48. The molecule has 0 aliphatic carbocycles. The molecule has 0 unspecified atom stereocenters. The van der Waals surface area contributed by atoms with E-state index in [4.69, 9.17) is 5.73 Å². The number of nitrogens with one attached hydrogen (secondary N) is 1. The van der Waals surface area contributed by atoms with Crippen LogP contribution in [0.15, 0.2) is 35.7 Å². The Bertz CT molecular complexity index is 548. The number of anilines is 1. The van der Waals surface area contributed by atoms with Crippen LogP contribution >= 0.6 is 11.3 Å². The van der Waals surface area contributed by atoms with Gasteiger partial charge in [-0.05, 0) is 41.1 Å². The van der Waals surface area contributed by atoms with E-state index < -0.39 is 0 Å². The van der Waals surface area contributed by atoms with Crippen LogP contribution in [-0.4, -0.2) is 5.91 Å². The zero-order valence-corrected chi connectivity index (χ0v) is 11.1. The Kier molecular flexibility index (Phi) is 3.99. The molecule has 0 saturated heterocycles. The molecule has 94 valence electrons. The summed E-state index contributed by atoms with van der Waals surface area (Å²) in [5, 5.41) is 4.87. The highest BCUT2D eigenvalue weighted by Crippen LogP contribution is 2.17. The third kappa shape index (κ3) is 2.90. The number of nitrogen functional groups attached to an aromatic ring is 1. The zero-order valence-electron chi connectivity index (χ0n) is 10.3. The Morgan fingerprint density at radius 2 is 2.22 bits per heavy atom. The molecular formula is C14H16N2OS. The van der Waals surface area contributed by atoms with E-state index in [2.05, 4.69) is 12.2 Å². The Labute approximate surface area is 111 Å². The summed E-state index contributed by atoms with van der Waals surface area (Å²) in [5.41, 5.74) is 8.52. The molecule has 2 aromatic rings. The van der Waals surface area contributed by atoms with Gasteiger partial charge >= 0.3 is 0 Å². The lowest BCUT2D eigenvalue weighted by Gasteiger charge is -2.06. The number of benzene rings is 1. The molecular weight excluding hydrogens is 244 g/mol. The maximum Gasteiger partial charge on any atom is 0.261 e. The van der Waals surface area contributed by atoms with Crippen molar-refractivity contribution in [2.24, 2.45) is 0 Å². The molecule has 1 heterocycles. The molecule has 1 aromatic heterocycles. The van der Waals surface area contributed by atoms with Gasteiger partial charge in [0.2, 0.25) is 0 Å². The monoisotopic (exact) mass is 260 g/mol. The maximum absolute atomic E-state index is 12.0. The quantitative estimate of drug-likeness (QED) is 0.831. The molecule has 1 amide bonds. The molecule has 0 saturated carbocycles. The average molecular weight is 260 g/mol. The summed E-state index contributed by atoms with van der Waals surface area (Å²) in [4.78, 5) is 12.8. The van der Waals surface area contributed by atoms with Crippen LogP contribution in [0.4, 0.5) is 5.69 Å². The highest BCUT2D eigenvalue weighted by Gasteiger charge is 2.11. The summed E-state index contributed by atoms with van der Waals surface area (Å²) in [6, 6.07) is 9.54. The number of amides is 1. The SMILES string of the molecule is CCc1ccsc1C(=O)NCc1cccc(N)c1. The van der Waals surface area contributed by atoms with E-state index in [-0.39, 0.29) is 5.91 Å². The molecule has 3 nitrogen and oxygen atoms in total. The van der Waals surface area contributed by atoms with Gasteiger partial charge in [-0.2, -0.15) is 0 Å². The van der Waals surface area contributed by atoms with E-state index in [9.17, 15) is 4.79 Å². The van der Waals surface area contributed by atoms with Crippen LogP contribution in [0.2, 0.25) is 0 Å². The van der Waals surface area contributed by atoms with Gasteiger partial charge in [0.1, 0.15) is 0 Å². The van der Waals surface area contributed by atoms with Crippen molar-refractivity contribution in [2.45, 2.75) is 19.9 Å². The molecule has 0 atom stereocenters. The lowest BCUT2D eigenvalue weighted by molar-refractivity contribution is 0.0954. The fourth-order valence-electron chi connectivity index (χ4n) is 1.78. The van der Waals surface area contributed by atoms with Gasteiger partial charge in [0, 0.05) is 12.2 Å². The van der Waals surface area contributed by atoms with Gasteiger partial charge in [-0.3, -0.25) is 4.79 Å². The van der Waals surface area contributed by atoms with Gasteiger partial charge in [-0.1, -0.05) is 19.1 Å². The van der Waals surface area contributed by atoms with E-state index in [1.807, 2.05) is 35.7 Å². The minimum atomic E-state index is -0.00993. The van der Waals surface area contributed by atoms with Gasteiger partial charge in [0.15, 0.2) is 0 Å². The first-order valence-corrected chi connectivity index (χ1v) is 6.77. The largest absolute Gasteiger partial charge is 0.399 e. The summed E-state index contributed by atoms with van der Waals surface area (Å²) in [5.74, 6) is -0.00993. The molecule has 0 spiro atoms. The molecule has 2 rings (SSSR count). The lowest BCUT2D eigenvalue weighted by atomic mass is 10.2. The van der Waals surface area contributed by atoms with E-state index in [1.165, 1.54) is 11.3 Å².